The van der Waals surface area contributed by atoms with Crippen LogP contribution in [-0.2, 0) is 19.9 Å². The second-order valence-electron chi connectivity index (χ2n) is 5.57. The molecule has 1 heterocycles. The molecule has 3 nitrogen and oxygen atoms in total. The summed E-state index contributed by atoms with van der Waals surface area (Å²) in [5, 5.41) is 8.19. The lowest BCUT2D eigenvalue weighted by Gasteiger charge is -2.18. The minimum Gasteiger partial charge on any atom is -0.313 e. The van der Waals surface area contributed by atoms with Crippen LogP contribution in [-0.4, -0.2) is 33.9 Å². The lowest BCUT2D eigenvalue weighted by molar-refractivity contribution is 0.547. The predicted octanol–water partition coefficient (Wildman–Crippen LogP) is 3.65. The summed E-state index contributed by atoms with van der Waals surface area (Å²) >= 11 is 5.76. The van der Waals surface area contributed by atoms with Crippen molar-refractivity contribution in [3.63, 3.8) is 0 Å². The van der Waals surface area contributed by atoms with Gasteiger partial charge in [-0.25, -0.2) is 0 Å². The van der Waals surface area contributed by atoms with E-state index in [9.17, 15) is 0 Å². The molecule has 20 heavy (non-hydrogen) atoms. The molecule has 0 aliphatic rings. The fourth-order valence-corrected chi connectivity index (χ4v) is 4.11. The van der Waals surface area contributed by atoms with Gasteiger partial charge in [-0.15, -0.1) is 0 Å². The molecule has 0 bridgehead atoms. The van der Waals surface area contributed by atoms with E-state index in [2.05, 4.69) is 54.0 Å². The molecule has 116 valence electrons. The molecule has 1 rings (SSSR count). The topological polar surface area (TPSA) is 29.9 Å². The van der Waals surface area contributed by atoms with Gasteiger partial charge in [-0.1, -0.05) is 27.7 Å². The molecule has 1 N–H and O–H groups in total. The van der Waals surface area contributed by atoms with Gasteiger partial charge in [0.25, 0.3) is 0 Å². The van der Waals surface area contributed by atoms with Crippen molar-refractivity contribution in [1.82, 2.24) is 15.1 Å². The Hall–Kier alpha value is 0. The third-order valence-corrected chi connectivity index (χ3v) is 5.66. The zero-order valence-corrected chi connectivity index (χ0v) is 15.8. The highest BCUT2D eigenvalue weighted by atomic mass is 79.9. The lowest BCUT2D eigenvalue weighted by atomic mass is 10.1. The van der Waals surface area contributed by atoms with Gasteiger partial charge < -0.3 is 5.32 Å². The first kappa shape index (κ1) is 18.1. The van der Waals surface area contributed by atoms with E-state index in [1.807, 2.05) is 23.5 Å². The number of rotatable bonds is 9. The number of nitrogens with one attached hydrogen (secondary N) is 1. The van der Waals surface area contributed by atoms with Gasteiger partial charge in [-0.3, -0.25) is 4.68 Å². The molecule has 0 aromatic carbocycles. The molecule has 0 radical (unpaired) electrons. The van der Waals surface area contributed by atoms with Crippen molar-refractivity contribution in [2.75, 3.05) is 18.1 Å². The Morgan fingerprint density at radius 2 is 2.00 bits per heavy atom. The molecule has 0 saturated carbocycles. The van der Waals surface area contributed by atoms with Crippen LogP contribution in [0.5, 0.6) is 0 Å². The van der Waals surface area contributed by atoms with Gasteiger partial charge in [-0.2, -0.15) is 16.9 Å². The number of hydrogen-bond donors (Lipinski definition) is 1. The summed E-state index contributed by atoms with van der Waals surface area (Å²) in [5.41, 5.74) is 2.46. The molecule has 0 fully saturated rings. The Balaban J connectivity index is 2.67. The molecule has 0 aliphatic carbocycles. The molecule has 0 saturated heterocycles. The van der Waals surface area contributed by atoms with Crippen molar-refractivity contribution < 1.29 is 0 Å². The van der Waals surface area contributed by atoms with Crippen molar-refractivity contribution >= 4 is 27.7 Å². The van der Waals surface area contributed by atoms with Crippen molar-refractivity contribution in [1.29, 1.82) is 0 Å². The van der Waals surface area contributed by atoms with Crippen LogP contribution < -0.4 is 5.32 Å². The summed E-state index contributed by atoms with van der Waals surface area (Å²) in [5.74, 6) is 3.15. The molecular formula is C15H28BrN3S. The molecule has 0 amide bonds. The number of likely N-dealkylation sites (N-methyl/N-ethyl adjacent to an activating group) is 1. The number of aromatic nitrogens is 2. The maximum absolute atomic E-state index is 4.59. The second kappa shape index (κ2) is 9.11. The van der Waals surface area contributed by atoms with Gasteiger partial charge in [0.05, 0.1) is 15.9 Å². The third-order valence-electron chi connectivity index (χ3n) is 3.21. The highest BCUT2D eigenvalue weighted by Crippen LogP contribution is 2.23. The Morgan fingerprint density at radius 1 is 1.30 bits per heavy atom. The SMILES string of the molecule is CCNC(CSCC(C)C)Cc1c(Br)c(CC)nn1C. The van der Waals surface area contributed by atoms with Crippen LogP contribution in [0, 0.1) is 5.92 Å². The molecule has 1 unspecified atom stereocenters. The monoisotopic (exact) mass is 361 g/mol. The standard InChI is InChI=1S/C15H28BrN3S/c1-6-13-15(16)14(19(5)18-13)8-12(17-7-2)10-20-9-11(3)4/h11-12,17H,6-10H2,1-5H3. The van der Waals surface area contributed by atoms with E-state index >= 15 is 0 Å². The van der Waals surface area contributed by atoms with E-state index in [1.54, 1.807) is 0 Å². The van der Waals surface area contributed by atoms with Crippen LogP contribution in [0.4, 0.5) is 0 Å². The summed E-state index contributed by atoms with van der Waals surface area (Å²) in [4.78, 5) is 0. The fraction of sp³-hybridized carbons (Fsp3) is 0.800. The molecular weight excluding hydrogens is 334 g/mol. The van der Waals surface area contributed by atoms with E-state index in [0.29, 0.717) is 6.04 Å². The summed E-state index contributed by atoms with van der Waals surface area (Å²) in [6, 6.07) is 0.514. The van der Waals surface area contributed by atoms with Crippen molar-refractivity contribution in [2.24, 2.45) is 13.0 Å². The largest absolute Gasteiger partial charge is 0.313 e. The number of nitrogens with zero attached hydrogens (tertiary/aromatic N) is 2. The smallest absolute Gasteiger partial charge is 0.0766 e. The highest BCUT2D eigenvalue weighted by Gasteiger charge is 2.17. The van der Waals surface area contributed by atoms with Gasteiger partial charge in [-0.05, 0) is 40.6 Å². The number of thioether (sulfide) groups is 1. The van der Waals surface area contributed by atoms with Crippen molar-refractivity contribution in [2.45, 2.75) is 46.6 Å². The molecule has 1 aromatic heterocycles. The zero-order chi connectivity index (χ0) is 15.1. The summed E-state index contributed by atoms with van der Waals surface area (Å²) in [7, 11) is 2.05. The normalized spacial score (nSPS) is 13.2. The zero-order valence-electron chi connectivity index (χ0n) is 13.4. The molecule has 1 aromatic rings. The third kappa shape index (κ3) is 5.41. The van der Waals surface area contributed by atoms with Gasteiger partial charge in [0, 0.05) is 25.3 Å². The molecule has 5 heteroatoms. The summed E-state index contributed by atoms with van der Waals surface area (Å²) < 4.78 is 3.22. The van der Waals surface area contributed by atoms with E-state index in [1.165, 1.54) is 15.9 Å². The highest BCUT2D eigenvalue weighted by molar-refractivity contribution is 9.10. The van der Waals surface area contributed by atoms with E-state index in [0.717, 1.165) is 36.8 Å². The molecule has 0 aliphatic heterocycles. The quantitative estimate of drug-likeness (QED) is 0.727. The first-order chi connectivity index (χ1) is 9.49. The molecule has 1 atom stereocenters. The van der Waals surface area contributed by atoms with Gasteiger partial charge in [0.15, 0.2) is 0 Å². The lowest BCUT2D eigenvalue weighted by Crippen LogP contribution is -2.34. The van der Waals surface area contributed by atoms with Gasteiger partial charge >= 0.3 is 0 Å². The minimum atomic E-state index is 0.514. The predicted molar refractivity (Wildman–Crippen MR) is 93.6 cm³/mol. The van der Waals surface area contributed by atoms with E-state index < -0.39 is 0 Å². The average Bonchev–Trinajstić information content (AvgIpc) is 2.65. The van der Waals surface area contributed by atoms with Crippen molar-refractivity contribution in [3.8, 4) is 0 Å². The second-order valence-corrected chi connectivity index (χ2v) is 7.44. The number of aryl methyl sites for hydroxylation is 2. The van der Waals surface area contributed by atoms with Crippen molar-refractivity contribution in [3.05, 3.63) is 15.9 Å². The Bertz CT molecular complexity index is 404. The van der Waals surface area contributed by atoms with Gasteiger partial charge in [0.1, 0.15) is 0 Å². The fourth-order valence-electron chi connectivity index (χ4n) is 2.20. The Labute approximate surface area is 136 Å². The van der Waals surface area contributed by atoms with Crippen LogP contribution in [0.15, 0.2) is 4.47 Å². The maximum atomic E-state index is 4.59. The van der Waals surface area contributed by atoms with Crippen LogP contribution in [0.1, 0.15) is 39.1 Å². The first-order valence-corrected chi connectivity index (χ1v) is 9.45. The average molecular weight is 362 g/mol. The van der Waals surface area contributed by atoms with Crippen LogP contribution in [0.2, 0.25) is 0 Å². The summed E-state index contributed by atoms with van der Waals surface area (Å²) in [6.07, 6.45) is 2.01. The van der Waals surface area contributed by atoms with E-state index in [-0.39, 0.29) is 0 Å². The van der Waals surface area contributed by atoms with Crippen LogP contribution in [0.25, 0.3) is 0 Å². The summed E-state index contributed by atoms with van der Waals surface area (Å²) in [6.45, 7) is 9.90. The first-order valence-electron chi connectivity index (χ1n) is 7.50. The number of halogens is 1. The van der Waals surface area contributed by atoms with E-state index in [4.69, 9.17) is 0 Å². The van der Waals surface area contributed by atoms with Crippen LogP contribution >= 0.6 is 27.7 Å². The Morgan fingerprint density at radius 3 is 2.50 bits per heavy atom. The minimum absolute atomic E-state index is 0.514. The molecule has 0 spiro atoms. The Kier molecular flexibility index (Phi) is 8.22. The van der Waals surface area contributed by atoms with Gasteiger partial charge in [0.2, 0.25) is 0 Å². The number of hydrogen-bond acceptors (Lipinski definition) is 3. The van der Waals surface area contributed by atoms with Crippen LogP contribution in [0.3, 0.4) is 0 Å². The maximum Gasteiger partial charge on any atom is 0.0766 e.